The number of sulfonamides is 1. The lowest BCUT2D eigenvalue weighted by molar-refractivity contribution is -0.00569. The number of hydrogen-bond acceptors (Lipinski definition) is 5. The van der Waals surface area contributed by atoms with Crippen LogP contribution < -0.4 is 9.46 Å². The van der Waals surface area contributed by atoms with Crippen molar-refractivity contribution in [1.29, 1.82) is 0 Å². The first kappa shape index (κ1) is 19.4. The Balaban J connectivity index is 1.48. The Bertz CT molecular complexity index is 1060. The van der Waals surface area contributed by atoms with Crippen LogP contribution in [-0.4, -0.2) is 50.0 Å². The molecule has 0 radical (unpaired) electrons. The van der Waals surface area contributed by atoms with Crippen molar-refractivity contribution in [3.05, 3.63) is 59.7 Å². The first-order chi connectivity index (χ1) is 13.7. The monoisotopic (exact) mass is 414 g/mol. The van der Waals surface area contributed by atoms with Gasteiger partial charge in [-0.1, -0.05) is 18.2 Å². The number of nitrogens with zero attached hydrogens (tertiary/aromatic N) is 1. The number of Topliss-reactive ketones (excluding diaryl/α,β-unsaturated/α-hetero) is 1. The van der Waals surface area contributed by atoms with E-state index in [0.29, 0.717) is 48.5 Å². The minimum Gasteiger partial charge on any atom is -0.486 e. The summed E-state index contributed by atoms with van der Waals surface area (Å²) in [5.74, 6) is 0.369. The van der Waals surface area contributed by atoms with Crippen LogP contribution >= 0.6 is 0 Å². The highest BCUT2D eigenvalue weighted by atomic mass is 32.2. The van der Waals surface area contributed by atoms with E-state index < -0.39 is 15.6 Å². The van der Waals surface area contributed by atoms with E-state index >= 15 is 0 Å². The Labute approximate surface area is 169 Å². The second-order valence-electron chi connectivity index (χ2n) is 7.63. The Morgan fingerprint density at radius 1 is 1.10 bits per heavy atom. The minimum absolute atomic E-state index is 0.0144. The molecule has 1 spiro atoms. The number of carbonyl (C=O) groups is 2. The van der Waals surface area contributed by atoms with Crippen molar-refractivity contribution in [3.8, 4) is 5.75 Å². The topological polar surface area (TPSA) is 92.8 Å². The number of likely N-dealkylation sites (tertiary alicyclic amines) is 1. The van der Waals surface area contributed by atoms with Crippen LogP contribution in [0, 0.1) is 0 Å². The molecule has 2 aromatic rings. The lowest BCUT2D eigenvalue weighted by Crippen LogP contribution is -2.52. The largest absolute Gasteiger partial charge is 0.486 e. The van der Waals surface area contributed by atoms with Crippen LogP contribution in [0.25, 0.3) is 0 Å². The van der Waals surface area contributed by atoms with E-state index in [1.54, 1.807) is 29.2 Å². The van der Waals surface area contributed by atoms with Crippen molar-refractivity contribution in [2.24, 2.45) is 0 Å². The molecule has 1 amide bonds. The van der Waals surface area contributed by atoms with Crippen LogP contribution in [0.4, 0.5) is 5.69 Å². The molecule has 8 heteroatoms. The summed E-state index contributed by atoms with van der Waals surface area (Å²) >= 11 is 0. The summed E-state index contributed by atoms with van der Waals surface area (Å²) in [7, 11) is -3.42. The van der Waals surface area contributed by atoms with E-state index in [1.165, 1.54) is 6.07 Å². The highest BCUT2D eigenvalue weighted by Gasteiger charge is 2.43. The number of amides is 1. The third-order valence-electron chi connectivity index (χ3n) is 5.38. The van der Waals surface area contributed by atoms with Crippen LogP contribution in [0.3, 0.4) is 0 Å². The summed E-state index contributed by atoms with van der Waals surface area (Å²) in [4.78, 5) is 27.2. The van der Waals surface area contributed by atoms with Crippen molar-refractivity contribution in [1.82, 2.24) is 4.90 Å². The van der Waals surface area contributed by atoms with Gasteiger partial charge in [0.15, 0.2) is 5.78 Å². The molecule has 7 nitrogen and oxygen atoms in total. The first-order valence-corrected chi connectivity index (χ1v) is 11.3. The Morgan fingerprint density at radius 3 is 2.45 bits per heavy atom. The Kier molecular flexibility index (Phi) is 4.82. The number of carbonyl (C=O) groups excluding carboxylic acids is 2. The number of benzene rings is 2. The number of rotatable bonds is 3. The van der Waals surface area contributed by atoms with Crippen molar-refractivity contribution in [2.45, 2.75) is 24.9 Å². The maximum atomic E-state index is 12.8. The lowest BCUT2D eigenvalue weighted by atomic mass is 9.82. The van der Waals surface area contributed by atoms with Gasteiger partial charge in [-0.05, 0) is 30.3 Å². The fraction of sp³-hybridized carbons (Fsp3) is 0.333. The van der Waals surface area contributed by atoms with Gasteiger partial charge in [0.25, 0.3) is 5.91 Å². The molecule has 0 aliphatic carbocycles. The van der Waals surface area contributed by atoms with E-state index in [9.17, 15) is 18.0 Å². The van der Waals surface area contributed by atoms with Gasteiger partial charge in [0, 0.05) is 37.2 Å². The van der Waals surface area contributed by atoms with Crippen molar-refractivity contribution in [2.75, 3.05) is 24.1 Å². The molecular weight excluding hydrogens is 392 g/mol. The second kappa shape index (κ2) is 7.18. The zero-order valence-corrected chi connectivity index (χ0v) is 16.9. The summed E-state index contributed by atoms with van der Waals surface area (Å²) in [5.41, 5.74) is 0.749. The Hall–Kier alpha value is -2.87. The van der Waals surface area contributed by atoms with E-state index in [1.807, 2.05) is 18.2 Å². The molecule has 0 bridgehead atoms. The molecule has 152 valence electrons. The summed E-state index contributed by atoms with van der Waals surface area (Å²) in [6, 6.07) is 13.9. The molecule has 0 unspecified atom stereocenters. The Morgan fingerprint density at radius 2 is 1.79 bits per heavy atom. The number of anilines is 1. The zero-order valence-electron chi connectivity index (χ0n) is 16.1. The van der Waals surface area contributed by atoms with Gasteiger partial charge in [-0.25, -0.2) is 8.42 Å². The number of ether oxygens (including phenoxy) is 1. The predicted octanol–water partition coefficient (Wildman–Crippen LogP) is 2.70. The average molecular weight is 414 g/mol. The molecule has 0 atom stereocenters. The van der Waals surface area contributed by atoms with E-state index in [2.05, 4.69) is 4.72 Å². The smallest absolute Gasteiger partial charge is 0.253 e. The maximum absolute atomic E-state index is 12.8. The fourth-order valence-corrected chi connectivity index (χ4v) is 4.49. The summed E-state index contributed by atoms with van der Waals surface area (Å²) in [5, 5.41) is 0. The molecule has 0 saturated carbocycles. The third kappa shape index (κ3) is 4.12. The highest BCUT2D eigenvalue weighted by molar-refractivity contribution is 7.92. The van der Waals surface area contributed by atoms with Crippen molar-refractivity contribution < 1.29 is 22.7 Å². The molecule has 1 N–H and O–H groups in total. The van der Waals surface area contributed by atoms with Crippen LogP contribution in [0.5, 0.6) is 5.75 Å². The van der Waals surface area contributed by atoms with Gasteiger partial charge < -0.3 is 9.64 Å². The summed E-state index contributed by atoms with van der Waals surface area (Å²) in [6.45, 7) is 1.04. The lowest BCUT2D eigenvalue weighted by Gasteiger charge is -2.44. The van der Waals surface area contributed by atoms with Gasteiger partial charge >= 0.3 is 0 Å². The van der Waals surface area contributed by atoms with Crippen LogP contribution in [0.15, 0.2) is 48.5 Å². The normalized spacial score (nSPS) is 18.1. The molecule has 0 aromatic heterocycles. The zero-order chi connectivity index (χ0) is 20.6. The molecule has 2 aromatic carbocycles. The van der Waals surface area contributed by atoms with Crippen LogP contribution in [0.2, 0.25) is 0 Å². The maximum Gasteiger partial charge on any atom is 0.253 e. The SMILES string of the molecule is CS(=O)(=O)Nc1ccc2c(c1)C(=O)CC1(CCN(C(=O)c3ccccc3)CC1)O2. The van der Waals surface area contributed by atoms with Crippen LogP contribution in [0.1, 0.15) is 40.0 Å². The quantitative estimate of drug-likeness (QED) is 0.834. The third-order valence-corrected chi connectivity index (χ3v) is 5.98. The molecule has 1 fully saturated rings. The first-order valence-electron chi connectivity index (χ1n) is 9.43. The number of piperidine rings is 1. The fourth-order valence-electron chi connectivity index (χ4n) is 3.93. The van der Waals surface area contributed by atoms with E-state index in [4.69, 9.17) is 4.74 Å². The van der Waals surface area contributed by atoms with Crippen molar-refractivity contribution in [3.63, 3.8) is 0 Å². The molecule has 1 saturated heterocycles. The number of ketones is 1. The van der Waals surface area contributed by atoms with Gasteiger partial charge in [-0.3, -0.25) is 14.3 Å². The van der Waals surface area contributed by atoms with E-state index in [-0.39, 0.29) is 18.1 Å². The molecule has 4 rings (SSSR count). The second-order valence-corrected chi connectivity index (χ2v) is 9.38. The number of nitrogens with one attached hydrogen (secondary N) is 1. The van der Waals surface area contributed by atoms with Crippen LogP contribution in [-0.2, 0) is 10.0 Å². The molecule has 2 heterocycles. The minimum atomic E-state index is -3.42. The molecular formula is C21H22N2O5S. The standard InChI is InChI=1S/C21H22N2O5S/c1-29(26,27)22-16-7-8-19-17(13-16)18(24)14-21(28-19)9-11-23(12-10-21)20(25)15-5-3-2-4-6-15/h2-8,13,22H,9-12,14H2,1H3. The summed E-state index contributed by atoms with van der Waals surface area (Å²) in [6.07, 6.45) is 2.42. The van der Waals surface area contributed by atoms with Gasteiger partial charge in [0.1, 0.15) is 11.4 Å². The van der Waals surface area contributed by atoms with Gasteiger partial charge in [-0.2, -0.15) is 0 Å². The van der Waals surface area contributed by atoms with Gasteiger partial charge in [0.2, 0.25) is 10.0 Å². The molecule has 29 heavy (non-hydrogen) atoms. The number of fused-ring (bicyclic) bond motifs is 1. The summed E-state index contributed by atoms with van der Waals surface area (Å²) < 4.78 is 31.4. The van der Waals surface area contributed by atoms with E-state index in [0.717, 1.165) is 6.26 Å². The molecule has 2 aliphatic heterocycles. The predicted molar refractivity (Wildman–Crippen MR) is 109 cm³/mol. The average Bonchev–Trinajstić information content (AvgIpc) is 2.68. The van der Waals surface area contributed by atoms with Crippen molar-refractivity contribution >= 4 is 27.4 Å². The molecule has 2 aliphatic rings. The number of hydrogen-bond donors (Lipinski definition) is 1. The highest BCUT2D eigenvalue weighted by Crippen LogP contribution is 2.40. The van der Waals surface area contributed by atoms with Gasteiger partial charge in [0.05, 0.1) is 18.2 Å². The van der Waals surface area contributed by atoms with Gasteiger partial charge in [-0.15, -0.1) is 0 Å².